The molecule has 0 spiro atoms. The van der Waals surface area contributed by atoms with Crippen LogP contribution in [0.1, 0.15) is 63.1 Å². The van der Waals surface area contributed by atoms with Crippen molar-refractivity contribution in [1.29, 1.82) is 0 Å². The molecule has 0 saturated heterocycles. The quantitative estimate of drug-likeness (QED) is 0.840. The third-order valence-electron chi connectivity index (χ3n) is 4.85. The minimum Gasteiger partial charge on any atom is -0.352 e. The van der Waals surface area contributed by atoms with E-state index in [9.17, 15) is 4.79 Å². The molecule has 3 nitrogen and oxygen atoms in total. The Morgan fingerprint density at radius 3 is 2.55 bits per heavy atom. The van der Waals surface area contributed by atoms with E-state index in [0.717, 1.165) is 12.8 Å². The Kier molecular flexibility index (Phi) is 6.44. The zero-order chi connectivity index (χ0) is 15.9. The maximum Gasteiger partial charge on any atom is 0.234 e. The molecule has 2 N–H and O–H groups in total. The minimum absolute atomic E-state index is 0.129. The van der Waals surface area contributed by atoms with Gasteiger partial charge in [-0.15, -0.1) is 0 Å². The summed E-state index contributed by atoms with van der Waals surface area (Å²) >= 11 is 0. The van der Waals surface area contributed by atoms with Gasteiger partial charge >= 0.3 is 0 Å². The van der Waals surface area contributed by atoms with Gasteiger partial charge in [-0.3, -0.25) is 4.79 Å². The predicted octanol–water partition coefficient (Wildman–Crippen LogP) is 3.73. The van der Waals surface area contributed by atoms with E-state index in [2.05, 4.69) is 55.7 Å². The van der Waals surface area contributed by atoms with Crippen LogP contribution in [-0.2, 0) is 4.79 Å². The maximum atomic E-state index is 12.2. The van der Waals surface area contributed by atoms with E-state index in [1.54, 1.807) is 0 Å². The van der Waals surface area contributed by atoms with Crippen molar-refractivity contribution in [1.82, 2.24) is 10.6 Å². The van der Waals surface area contributed by atoms with Crippen molar-refractivity contribution in [2.75, 3.05) is 6.54 Å². The molecule has 122 valence electrons. The molecular formula is C19H30N2O. The summed E-state index contributed by atoms with van der Waals surface area (Å²) in [7, 11) is 0. The summed E-state index contributed by atoms with van der Waals surface area (Å²) in [5, 5.41) is 6.60. The third-order valence-corrected chi connectivity index (χ3v) is 4.85. The second kappa shape index (κ2) is 8.33. The lowest BCUT2D eigenvalue weighted by Gasteiger charge is -2.29. The standard InChI is InChI=1S/C19H30N2O/c1-4-17(16-11-9-14(2)10-12-16)20-13-19(22)21-18-8-6-5-7-15(18)3/h9-12,15,17-18,20H,4-8,13H2,1-3H3,(H,21,22)/t15-,17+,18-/m0/s1. The Morgan fingerprint density at radius 1 is 1.23 bits per heavy atom. The molecule has 0 aromatic heterocycles. The largest absolute Gasteiger partial charge is 0.352 e. The molecular weight excluding hydrogens is 272 g/mol. The highest BCUT2D eigenvalue weighted by Gasteiger charge is 2.22. The van der Waals surface area contributed by atoms with Crippen LogP contribution in [0.5, 0.6) is 0 Å². The van der Waals surface area contributed by atoms with E-state index in [4.69, 9.17) is 0 Å². The zero-order valence-corrected chi connectivity index (χ0v) is 14.2. The molecule has 0 aliphatic heterocycles. The molecule has 1 aliphatic carbocycles. The molecule has 3 heteroatoms. The molecule has 1 amide bonds. The second-order valence-electron chi connectivity index (χ2n) is 6.69. The molecule has 2 rings (SSSR count). The first-order valence-electron chi connectivity index (χ1n) is 8.69. The number of hydrogen-bond acceptors (Lipinski definition) is 2. The molecule has 1 fully saturated rings. The fourth-order valence-electron chi connectivity index (χ4n) is 3.30. The molecule has 0 heterocycles. The zero-order valence-electron chi connectivity index (χ0n) is 14.2. The van der Waals surface area contributed by atoms with Gasteiger partial charge in [0.15, 0.2) is 0 Å². The molecule has 0 unspecified atom stereocenters. The van der Waals surface area contributed by atoms with Gasteiger partial charge in [-0.2, -0.15) is 0 Å². The first-order valence-corrected chi connectivity index (χ1v) is 8.69. The van der Waals surface area contributed by atoms with E-state index in [-0.39, 0.29) is 11.9 Å². The number of carbonyl (C=O) groups is 1. The van der Waals surface area contributed by atoms with Crippen molar-refractivity contribution < 1.29 is 4.79 Å². The lowest BCUT2D eigenvalue weighted by Crippen LogP contribution is -2.45. The number of benzene rings is 1. The number of aryl methyl sites for hydroxylation is 1. The topological polar surface area (TPSA) is 41.1 Å². The van der Waals surface area contributed by atoms with Gasteiger partial charge < -0.3 is 10.6 Å². The molecule has 0 radical (unpaired) electrons. The summed E-state index contributed by atoms with van der Waals surface area (Å²) in [6.07, 6.45) is 5.89. The van der Waals surface area contributed by atoms with Gasteiger partial charge in [0.1, 0.15) is 0 Å². The number of rotatable bonds is 6. The number of amides is 1. The van der Waals surface area contributed by atoms with Crippen molar-refractivity contribution in [3.05, 3.63) is 35.4 Å². The summed E-state index contributed by atoms with van der Waals surface area (Å²) in [6.45, 7) is 6.89. The Bertz CT molecular complexity index is 469. The molecule has 22 heavy (non-hydrogen) atoms. The summed E-state index contributed by atoms with van der Waals surface area (Å²) in [5.74, 6) is 0.737. The van der Waals surface area contributed by atoms with Crippen LogP contribution < -0.4 is 10.6 Å². The third kappa shape index (κ3) is 4.84. The highest BCUT2D eigenvalue weighted by atomic mass is 16.2. The fourth-order valence-corrected chi connectivity index (χ4v) is 3.30. The van der Waals surface area contributed by atoms with Gasteiger partial charge in [0.25, 0.3) is 0 Å². The van der Waals surface area contributed by atoms with E-state index >= 15 is 0 Å². The van der Waals surface area contributed by atoms with Gasteiger partial charge in [-0.25, -0.2) is 0 Å². The highest BCUT2D eigenvalue weighted by Crippen LogP contribution is 2.23. The summed E-state index contributed by atoms with van der Waals surface area (Å²) < 4.78 is 0. The van der Waals surface area contributed by atoms with Crippen LogP contribution in [0.25, 0.3) is 0 Å². The van der Waals surface area contributed by atoms with Crippen LogP contribution in [-0.4, -0.2) is 18.5 Å². The molecule has 1 saturated carbocycles. The van der Waals surface area contributed by atoms with E-state index in [1.807, 2.05) is 0 Å². The molecule has 0 bridgehead atoms. The van der Waals surface area contributed by atoms with E-state index in [1.165, 1.54) is 30.4 Å². The Hall–Kier alpha value is -1.35. The average molecular weight is 302 g/mol. The van der Waals surface area contributed by atoms with Crippen LogP contribution >= 0.6 is 0 Å². The Labute approximate surface area is 134 Å². The lowest BCUT2D eigenvalue weighted by atomic mass is 9.86. The molecule has 3 atom stereocenters. The first-order chi connectivity index (χ1) is 10.6. The smallest absolute Gasteiger partial charge is 0.234 e. The number of hydrogen-bond donors (Lipinski definition) is 2. The van der Waals surface area contributed by atoms with Crippen LogP contribution in [0.15, 0.2) is 24.3 Å². The van der Waals surface area contributed by atoms with Crippen LogP contribution in [0.3, 0.4) is 0 Å². The second-order valence-corrected chi connectivity index (χ2v) is 6.69. The molecule has 1 aromatic rings. The lowest BCUT2D eigenvalue weighted by molar-refractivity contribution is -0.121. The minimum atomic E-state index is 0.129. The molecule has 1 aliphatic rings. The van der Waals surface area contributed by atoms with Crippen molar-refractivity contribution in [2.24, 2.45) is 5.92 Å². The van der Waals surface area contributed by atoms with Gasteiger partial charge in [-0.1, -0.05) is 56.5 Å². The summed E-state index contributed by atoms with van der Waals surface area (Å²) in [5.41, 5.74) is 2.52. The van der Waals surface area contributed by atoms with Crippen molar-refractivity contribution in [3.63, 3.8) is 0 Å². The van der Waals surface area contributed by atoms with Crippen molar-refractivity contribution >= 4 is 5.91 Å². The SMILES string of the molecule is CC[C@@H](NCC(=O)N[C@H]1CCCC[C@@H]1C)c1ccc(C)cc1. The Balaban J connectivity index is 1.82. The van der Waals surface area contributed by atoms with Crippen molar-refractivity contribution in [2.45, 2.75) is 65.0 Å². The van der Waals surface area contributed by atoms with Crippen LogP contribution in [0, 0.1) is 12.8 Å². The van der Waals surface area contributed by atoms with Crippen molar-refractivity contribution in [3.8, 4) is 0 Å². The number of carbonyl (C=O) groups excluding carboxylic acids is 1. The maximum absolute atomic E-state index is 12.2. The first kappa shape index (κ1) is 17.0. The van der Waals surface area contributed by atoms with E-state index in [0.29, 0.717) is 18.5 Å². The van der Waals surface area contributed by atoms with Crippen LogP contribution in [0.4, 0.5) is 0 Å². The van der Waals surface area contributed by atoms with Gasteiger partial charge in [0.05, 0.1) is 6.54 Å². The monoisotopic (exact) mass is 302 g/mol. The van der Waals surface area contributed by atoms with E-state index < -0.39 is 0 Å². The normalized spacial score (nSPS) is 23.0. The highest BCUT2D eigenvalue weighted by molar-refractivity contribution is 5.78. The van der Waals surface area contributed by atoms with Gasteiger partial charge in [-0.05, 0) is 37.7 Å². The summed E-state index contributed by atoms with van der Waals surface area (Å²) in [6, 6.07) is 9.17. The Morgan fingerprint density at radius 2 is 1.91 bits per heavy atom. The van der Waals surface area contributed by atoms with Gasteiger partial charge in [0.2, 0.25) is 5.91 Å². The number of nitrogens with one attached hydrogen (secondary N) is 2. The fraction of sp³-hybridized carbons (Fsp3) is 0.632. The summed E-state index contributed by atoms with van der Waals surface area (Å²) in [4.78, 5) is 12.2. The molecule has 1 aromatic carbocycles. The predicted molar refractivity (Wildman–Crippen MR) is 91.8 cm³/mol. The van der Waals surface area contributed by atoms with Crippen LogP contribution in [0.2, 0.25) is 0 Å². The van der Waals surface area contributed by atoms with Gasteiger partial charge in [0, 0.05) is 12.1 Å². The average Bonchev–Trinajstić information content (AvgIpc) is 2.52.